The van der Waals surface area contributed by atoms with Crippen molar-refractivity contribution in [3.8, 4) is 11.8 Å². The molecule has 1 aromatic rings. The predicted molar refractivity (Wildman–Crippen MR) is 71.3 cm³/mol. The number of anilines is 1. The normalized spacial score (nSPS) is 20.5. The second kappa shape index (κ2) is 5.14. The smallest absolute Gasteiger partial charge is 0.392 e. The Kier molecular flexibility index (Phi) is 3.51. The maximum atomic E-state index is 12.3. The SMILES string of the molecule is [C-]#[N+]C(C(=O)OC)C1(C#N)C(=O)Nc2ccc(OC)cc21. The monoisotopic (exact) mass is 285 g/mol. The van der Waals surface area contributed by atoms with E-state index in [1.807, 2.05) is 6.07 Å². The van der Waals surface area contributed by atoms with Crippen LogP contribution in [0.2, 0.25) is 0 Å². The molecule has 1 N–H and O–H groups in total. The van der Waals surface area contributed by atoms with Crippen molar-refractivity contribution in [2.24, 2.45) is 0 Å². The van der Waals surface area contributed by atoms with Crippen molar-refractivity contribution < 1.29 is 19.1 Å². The fraction of sp³-hybridized carbons (Fsp3) is 0.286. The largest absolute Gasteiger partial charge is 0.497 e. The molecule has 1 aliphatic heterocycles. The number of rotatable bonds is 3. The van der Waals surface area contributed by atoms with Crippen LogP contribution in [0.1, 0.15) is 5.56 Å². The van der Waals surface area contributed by atoms with E-state index >= 15 is 0 Å². The zero-order valence-corrected chi connectivity index (χ0v) is 11.3. The fourth-order valence-corrected chi connectivity index (χ4v) is 2.31. The molecule has 0 bridgehead atoms. The van der Waals surface area contributed by atoms with Crippen LogP contribution < -0.4 is 10.1 Å². The molecule has 1 aliphatic rings. The number of nitrogens with zero attached hydrogens (tertiary/aromatic N) is 2. The number of carbonyl (C=O) groups is 2. The van der Waals surface area contributed by atoms with Crippen LogP contribution in [0.5, 0.6) is 5.75 Å². The molecule has 7 nitrogen and oxygen atoms in total. The van der Waals surface area contributed by atoms with Crippen molar-refractivity contribution >= 4 is 17.6 Å². The number of amides is 1. The van der Waals surface area contributed by atoms with Crippen molar-refractivity contribution in [3.63, 3.8) is 0 Å². The highest BCUT2D eigenvalue weighted by Gasteiger charge is 2.62. The summed E-state index contributed by atoms with van der Waals surface area (Å²) in [6.07, 6.45) is 0. The van der Waals surface area contributed by atoms with E-state index in [0.29, 0.717) is 11.4 Å². The van der Waals surface area contributed by atoms with Gasteiger partial charge in [-0.15, -0.1) is 0 Å². The Morgan fingerprint density at radius 1 is 1.52 bits per heavy atom. The third-order valence-corrected chi connectivity index (χ3v) is 3.40. The van der Waals surface area contributed by atoms with Gasteiger partial charge in [0, 0.05) is 11.3 Å². The number of hydrogen-bond acceptors (Lipinski definition) is 5. The lowest BCUT2D eigenvalue weighted by atomic mass is 9.76. The Hall–Kier alpha value is -3.06. The summed E-state index contributed by atoms with van der Waals surface area (Å²) in [5, 5.41) is 12.1. The van der Waals surface area contributed by atoms with Gasteiger partial charge in [-0.2, -0.15) is 5.26 Å². The number of nitriles is 1. The zero-order chi connectivity index (χ0) is 15.6. The second-order valence-corrected chi connectivity index (χ2v) is 4.34. The topological polar surface area (TPSA) is 92.8 Å². The van der Waals surface area contributed by atoms with Gasteiger partial charge in [0.25, 0.3) is 5.91 Å². The number of methoxy groups -OCH3 is 2. The molecule has 0 saturated heterocycles. The van der Waals surface area contributed by atoms with E-state index in [4.69, 9.17) is 11.3 Å². The quantitative estimate of drug-likeness (QED) is 0.657. The molecule has 7 heteroatoms. The minimum Gasteiger partial charge on any atom is -0.497 e. The Labute approximate surface area is 120 Å². The summed E-state index contributed by atoms with van der Waals surface area (Å²) >= 11 is 0. The highest BCUT2D eigenvalue weighted by Crippen LogP contribution is 2.43. The Balaban J connectivity index is 2.71. The molecule has 0 fully saturated rings. The first kappa shape index (κ1) is 14.4. The number of ether oxygens (including phenoxy) is 2. The van der Waals surface area contributed by atoms with Crippen LogP contribution in [0, 0.1) is 17.9 Å². The van der Waals surface area contributed by atoms with E-state index in [1.165, 1.54) is 13.2 Å². The van der Waals surface area contributed by atoms with Crippen LogP contribution in [0.4, 0.5) is 5.69 Å². The van der Waals surface area contributed by atoms with Crippen molar-refractivity contribution in [1.29, 1.82) is 5.26 Å². The second-order valence-electron chi connectivity index (χ2n) is 4.34. The summed E-state index contributed by atoms with van der Waals surface area (Å²) < 4.78 is 9.62. The summed E-state index contributed by atoms with van der Waals surface area (Å²) in [4.78, 5) is 27.2. The van der Waals surface area contributed by atoms with Crippen molar-refractivity contribution in [1.82, 2.24) is 0 Å². The molecule has 0 saturated carbocycles. The minimum atomic E-state index is -1.95. The van der Waals surface area contributed by atoms with Crippen LogP contribution in [0.3, 0.4) is 0 Å². The van der Waals surface area contributed by atoms with Gasteiger partial charge in [0.1, 0.15) is 5.75 Å². The van der Waals surface area contributed by atoms with Gasteiger partial charge in [-0.3, -0.25) is 9.64 Å². The molecule has 21 heavy (non-hydrogen) atoms. The van der Waals surface area contributed by atoms with Gasteiger partial charge in [-0.25, -0.2) is 11.4 Å². The molecular formula is C14H11N3O4. The fourth-order valence-electron chi connectivity index (χ4n) is 2.31. The van der Waals surface area contributed by atoms with Gasteiger partial charge in [0.15, 0.2) is 0 Å². The van der Waals surface area contributed by atoms with Gasteiger partial charge >= 0.3 is 12.0 Å². The van der Waals surface area contributed by atoms with E-state index in [-0.39, 0.29) is 5.56 Å². The Morgan fingerprint density at radius 3 is 2.76 bits per heavy atom. The molecule has 0 aromatic heterocycles. The van der Waals surface area contributed by atoms with Gasteiger partial charge < -0.3 is 14.8 Å². The Morgan fingerprint density at radius 2 is 2.24 bits per heavy atom. The molecule has 0 radical (unpaired) electrons. The first-order chi connectivity index (χ1) is 10.0. The number of carbonyl (C=O) groups excluding carboxylic acids is 2. The summed E-state index contributed by atoms with van der Waals surface area (Å²) in [5.74, 6) is -1.24. The number of fused-ring (bicyclic) bond motifs is 1. The summed E-state index contributed by atoms with van der Waals surface area (Å²) in [6.45, 7) is 7.18. The first-order valence-corrected chi connectivity index (χ1v) is 5.90. The predicted octanol–water partition coefficient (Wildman–Crippen LogP) is 0.870. The third-order valence-electron chi connectivity index (χ3n) is 3.40. The van der Waals surface area contributed by atoms with Gasteiger partial charge in [0.2, 0.25) is 5.41 Å². The average Bonchev–Trinajstić information content (AvgIpc) is 2.79. The number of esters is 1. The number of nitrogens with one attached hydrogen (secondary N) is 1. The van der Waals surface area contributed by atoms with Crippen LogP contribution in [0.15, 0.2) is 18.2 Å². The molecule has 2 atom stereocenters. The maximum Gasteiger partial charge on any atom is 0.392 e. The highest BCUT2D eigenvalue weighted by atomic mass is 16.5. The highest BCUT2D eigenvalue weighted by molar-refractivity contribution is 6.12. The molecule has 2 unspecified atom stereocenters. The molecule has 1 heterocycles. The first-order valence-electron chi connectivity index (χ1n) is 5.90. The number of hydrogen-bond donors (Lipinski definition) is 1. The van der Waals surface area contributed by atoms with Crippen LogP contribution in [-0.2, 0) is 19.7 Å². The Bertz CT molecular complexity index is 701. The van der Waals surface area contributed by atoms with E-state index in [0.717, 1.165) is 7.11 Å². The van der Waals surface area contributed by atoms with Crippen molar-refractivity contribution in [2.45, 2.75) is 11.5 Å². The van der Waals surface area contributed by atoms with Gasteiger partial charge in [-0.1, -0.05) is 0 Å². The molecule has 0 spiro atoms. The van der Waals surface area contributed by atoms with Crippen LogP contribution in [0.25, 0.3) is 4.85 Å². The van der Waals surface area contributed by atoms with Gasteiger partial charge in [0.05, 0.1) is 20.3 Å². The molecule has 1 amide bonds. The molecule has 1 aromatic carbocycles. The standard InChI is InChI=1S/C14H11N3O4/c1-16-11(12(18)21-3)14(7-15)9-6-8(20-2)4-5-10(9)17-13(14)19/h4-6,11H,2-3H3,(H,17,19). The molecule has 2 rings (SSSR count). The average molecular weight is 285 g/mol. The lowest BCUT2D eigenvalue weighted by Crippen LogP contribution is -2.47. The van der Waals surface area contributed by atoms with Crippen LogP contribution >= 0.6 is 0 Å². The van der Waals surface area contributed by atoms with Gasteiger partial charge in [-0.05, 0) is 18.2 Å². The minimum absolute atomic E-state index is 0.237. The van der Waals surface area contributed by atoms with E-state index in [2.05, 4.69) is 14.9 Å². The lowest BCUT2D eigenvalue weighted by Gasteiger charge is -2.19. The van der Waals surface area contributed by atoms with E-state index in [1.54, 1.807) is 12.1 Å². The van der Waals surface area contributed by atoms with E-state index in [9.17, 15) is 14.9 Å². The summed E-state index contributed by atoms with van der Waals surface area (Å²) in [5.41, 5.74) is -1.33. The van der Waals surface area contributed by atoms with Crippen LogP contribution in [-0.4, -0.2) is 32.1 Å². The number of benzene rings is 1. The lowest BCUT2D eigenvalue weighted by molar-refractivity contribution is -0.143. The summed E-state index contributed by atoms with van der Waals surface area (Å²) in [6, 6.07) is 4.87. The molecule has 106 valence electrons. The zero-order valence-electron chi connectivity index (χ0n) is 11.3. The molecule has 0 aliphatic carbocycles. The van der Waals surface area contributed by atoms with E-state index < -0.39 is 23.3 Å². The van der Waals surface area contributed by atoms with Crippen molar-refractivity contribution in [2.75, 3.05) is 19.5 Å². The third kappa shape index (κ3) is 1.87. The van der Waals surface area contributed by atoms with Crippen molar-refractivity contribution in [3.05, 3.63) is 35.2 Å². The summed E-state index contributed by atoms with van der Waals surface area (Å²) in [7, 11) is 2.54. The molecular weight excluding hydrogens is 274 g/mol. The maximum absolute atomic E-state index is 12.3.